The fourth-order valence-corrected chi connectivity index (χ4v) is 1.67. The Balaban J connectivity index is 2.95. The van der Waals surface area contributed by atoms with Crippen LogP contribution >= 0.6 is 27.5 Å². The molecule has 0 N–H and O–H groups in total. The third-order valence-electron chi connectivity index (χ3n) is 1.80. The fourth-order valence-electron chi connectivity index (χ4n) is 1.10. The van der Waals surface area contributed by atoms with Crippen molar-refractivity contribution in [2.24, 2.45) is 0 Å². The molecule has 0 aliphatic rings. The first-order chi connectivity index (χ1) is 6.65. The molecule has 0 aliphatic carbocycles. The highest BCUT2D eigenvalue weighted by Gasteiger charge is 2.05. The van der Waals surface area contributed by atoms with Crippen LogP contribution in [0, 0.1) is 0 Å². The van der Waals surface area contributed by atoms with Crippen LogP contribution in [0.4, 0.5) is 0 Å². The van der Waals surface area contributed by atoms with E-state index in [-0.39, 0.29) is 0 Å². The average Bonchev–Trinajstić information content (AvgIpc) is 2.16. The molecule has 0 bridgehead atoms. The molecule has 0 fully saturated rings. The van der Waals surface area contributed by atoms with Crippen molar-refractivity contribution in [3.63, 3.8) is 0 Å². The van der Waals surface area contributed by atoms with Gasteiger partial charge in [-0.3, -0.25) is 4.79 Å². The summed E-state index contributed by atoms with van der Waals surface area (Å²) in [5.74, 6) is 0. The van der Waals surface area contributed by atoms with E-state index in [0.29, 0.717) is 18.4 Å². The molecule has 2 nitrogen and oxygen atoms in total. The second-order valence-electron chi connectivity index (χ2n) is 2.79. The van der Waals surface area contributed by atoms with Crippen LogP contribution in [0.5, 0.6) is 0 Å². The zero-order chi connectivity index (χ0) is 10.6. The summed E-state index contributed by atoms with van der Waals surface area (Å²) in [5.41, 5.74) is 1.37. The maximum Gasteiger partial charge on any atom is 0.252 e. The lowest BCUT2D eigenvalue weighted by atomic mass is 10.1. The molecule has 0 saturated heterocycles. The van der Waals surface area contributed by atoms with Crippen LogP contribution in [-0.4, -0.2) is 11.5 Å². The molecule has 1 rings (SSSR count). The topological polar surface area (TPSA) is 34.1 Å². The zero-order valence-electron chi connectivity index (χ0n) is 7.30. The van der Waals surface area contributed by atoms with E-state index in [1.54, 1.807) is 18.2 Å². The van der Waals surface area contributed by atoms with Crippen LogP contribution in [0.1, 0.15) is 22.3 Å². The van der Waals surface area contributed by atoms with Crippen LogP contribution in [0.2, 0.25) is 0 Å². The zero-order valence-corrected chi connectivity index (χ0v) is 9.64. The predicted molar refractivity (Wildman–Crippen MR) is 58.7 cm³/mol. The van der Waals surface area contributed by atoms with Gasteiger partial charge in [0.05, 0.1) is 0 Å². The van der Waals surface area contributed by atoms with Gasteiger partial charge < -0.3 is 4.79 Å². The summed E-state index contributed by atoms with van der Waals surface area (Å²) < 4.78 is 0.890. The Morgan fingerprint density at radius 3 is 2.79 bits per heavy atom. The van der Waals surface area contributed by atoms with Crippen LogP contribution in [0.3, 0.4) is 0 Å². The van der Waals surface area contributed by atoms with E-state index in [1.807, 2.05) is 0 Å². The molecule has 0 atom stereocenters. The van der Waals surface area contributed by atoms with Gasteiger partial charge >= 0.3 is 0 Å². The molecule has 14 heavy (non-hydrogen) atoms. The van der Waals surface area contributed by atoms with E-state index < -0.39 is 5.24 Å². The van der Waals surface area contributed by atoms with E-state index in [2.05, 4.69) is 15.9 Å². The molecule has 0 radical (unpaired) electrons. The van der Waals surface area contributed by atoms with Gasteiger partial charge in [-0.05, 0) is 41.8 Å². The van der Waals surface area contributed by atoms with Crippen molar-refractivity contribution in [2.75, 3.05) is 0 Å². The van der Waals surface area contributed by atoms with Crippen LogP contribution < -0.4 is 0 Å². The summed E-state index contributed by atoms with van der Waals surface area (Å²) in [4.78, 5) is 21.1. The number of carbonyl (C=O) groups is 2. The molecular weight excluding hydrogens is 267 g/mol. The Morgan fingerprint density at radius 1 is 1.50 bits per heavy atom. The standard InChI is InChI=1S/C10H8BrClO2/c11-9-4-3-8(10(12)14)6-7(9)2-1-5-13/h3-6H,1-2H2. The molecule has 1 aromatic rings. The highest BCUT2D eigenvalue weighted by Crippen LogP contribution is 2.20. The van der Waals surface area contributed by atoms with E-state index in [1.165, 1.54) is 0 Å². The van der Waals surface area contributed by atoms with E-state index in [4.69, 9.17) is 11.6 Å². The SMILES string of the molecule is O=CCCc1cc(C(=O)Cl)ccc1Br. The van der Waals surface area contributed by atoms with Gasteiger partial charge in [-0.25, -0.2) is 0 Å². The van der Waals surface area contributed by atoms with Gasteiger partial charge in [-0.1, -0.05) is 15.9 Å². The average molecular weight is 276 g/mol. The third kappa shape index (κ3) is 2.93. The number of benzene rings is 1. The van der Waals surface area contributed by atoms with Crippen LogP contribution in [0.25, 0.3) is 0 Å². The van der Waals surface area contributed by atoms with Crippen molar-refractivity contribution in [3.8, 4) is 0 Å². The quantitative estimate of drug-likeness (QED) is 0.625. The molecule has 1 aromatic carbocycles. The molecule has 4 heteroatoms. The molecular formula is C10H8BrClO2. The molecule has 0 aromatic heterocycles. The number of aldehydes is 1. The number of carbonyl (C=O) groups excluding carboxylic acids is 2. The Hall–Kier alpha value is -0.670. The molecule has 0 spiro atoms. The fraction of sp³-hybridized carbons (Fsp3) is 0.200. The number of halogens is 2. The van der Waals surface area contributed by atoms with Gasteiger partial charge in [0.2, 0.25) is 0 Å². The van der Waals surface area contributed by atoms with E-state index in [9.17, 15) is 9.59 Å². The summed E-state index contributed by atoms with van der Waals surface area (Å²) in [6, 6.07) is 5.10. The second-order valence-corrected chi connectivity index (χ2v) is 3.98. The van der Waals surface area contributed by atoms with Crippen LogP contribution in [-0.2, 0) is 11.2 Å². The number of aryl methyl sites for hydroxylation is 1. The number of hydrogen-bond acceptors (Lipinski definition) is 2. The first kappa shape index (κ1) is 11.4. The highest BCUT2D eigenvalue weighted by molar-refractivity contribution is 9.10. The Morgan fingerprint density at radius 2 is 2.21 bits per heavy atom. The smallest absolute Gasteiger partial charge is 0.252 e. The second kappa shape index (κ2) is 5.27. The largest absolute Gasteiger partial charge is 0.303 e. The van der Waals surface area contributed by atoms with Crippen molar-refractivity contribution in [1.29, 1.82) is 0 Å². The molecule has 0 unspecified atom stereocenters. The molecule has 0 amide bonds. The van der Waals surface area contributed by atoms with Crippen molar-refractivity contribution in [1.82, 2.24) is 0 Å². The van der Waals surface area contributed by atoms with Crippen molar-refractivity contribution < 1.29 is 9.59 Å². The molecule has 0 heterocycles. The Kier molecular flexibility index (Phi) is 4.29. The lowest BCUT2D eigenvalue weighted by Gasteiger charge is -2.03. The summed E-state index contributed by atoms with van der Waals surface area (Å²) in [5, 5.41) is -0.482. The highest BCUT2D eigenvalue weighted by atomic mass is 79.9. The van der Waals surface area contributed by atoms with Gasteiger partial charge in [-0.2, -0.15) is 0 Å². The molecule has 74 valence electrons. The van der Waals surface area contributed by atoms with Gasteiger partial charge in [0.15, 0.2) is 0 Å². The normalized spacial score (nSPS) is 9.86. The Bertz CT molecular complexity index is 363. The molecule has 0 saturated carbocycles. The minimum atomic E-state index is -0.482. The van der Waals surface area contributed by atoms with Gasteiger partial charge in [0.25, 0.3) is 5.24 Å². The Labute approximate surface area is 95.4 Å². The van der Waals surface area contributed by atoms with Crippen molar-refractivity contribution in [2.45, 2.75) is 12.8 Å². The van der Waals surface area contributed by atoms with Gasteiger partial charge in [0.1, 0.15) is 6.29 Å². The summed E-state index contributed by atoms with van der Waals surface area (Å²) in [6.07, 6.45) is 1.91. The minimum absolute atomic E-state index is 0.443. The monoisotopic (exact) mass is 274 g/mol. The number of rotatable bonds is 4. The van der Waals surface area contributed by atoms with E-state index in [0.717, 1.165) is 16.3 Å². The lowest BCUT2D eigenvalue weighted by Crippen LogP contribution is -1.94. The summed E-state index contributed by atoms with van der Waals surface area (Å²) >= 11 is 8.68. The van der Waals surface area contributed by atoms with E-state index >= 15 is 0 Å². The third-order valence-corrected chi connectivity index (χ3v) is 2.80. The summed E-state index contributed by atoms with van der Waals surface area (Å²) in [6.45, 7) is 0. The lowest BCUT2D eigenvalue weighted by molar-refractivity contribution is -0.107. The van der Waals surface area contributed by atoms with Crippen LogP contribution in [0.15, 0.2) is 22.7 Å². The van der Waals surface area contributed by atoms with Gasteiger partial charge in [-0.15, -0.1) is 0 Å². The van der Waals surface area contributed by atoms with Crippen molar-refractivity contribution >= 4 is 39.1 Å². The molecule has 0 aliphatic heterocycles. The van der Waals surface area contributed by atoms with Gasteiger partial charge in [0, 0.05) is 16.5 Å². The first-order valence-corrected chi connectivity index (χ1v) is 5.24. The first-order valence-electron chi connectivity index (χ1n) is 4.07. The maximum atomic E-state index is 10.9. The number of hydrogen-bond donors (Lipinski definition) is 0. The predicted octanol–water partition coefficient (Wildman–Crippen LogP) is 2.96. The maximum absolute atomic E-state index is 10.9. The van der Waals surface area contributed by atoms with Crippen molar-refractivity contribution in [3.05, 3.63) is 33.8 Å². The summed E-state index contributed by atoms with van der Waals surface area (Å²) in [7, 11) is 0. The minimum Gasteiger partial charge on any atom is -0.303 e.